The van der Waals surface area contributed by atoms with Crippen molar-refractivity contribution in [1.82, 2.24) is 9.62 Å². The second-order valence-electron chi connectivity index (χ2n) is 7.88. The van der Waals surface area contributed by atoms with Crippen LogP contribution in [0.1, 0.15) is 46.5 Å². The zero-order valence-corrected chi connectivity index (χ0v) is 17.4. The molecule has 0 spiro atoms. The van der Waals surface area contributed by atoms with Crippen LogP contribution in [-0.2, 0) is 14.8 Å². The molecule has 1 saturated carbocycles. The van der Waals surface area contributed by atoms with Crippen LogP contribution in [0.15, 0.2) is 29.2 Å². The fourth-order valence-corrected chi connectivity index (χ4v) is 4.68. The molecule has 0 bridgehead atoms. The van der Waals surface area contributed by atoms with E-state index in [0.29, 0.717) is 12.8 Å². The largest absolute Gasteiger partial charge is 0.444 e. The maximum Gasteiger partial charge on any atom is 0.407 e. The van der Waals surface area contributed by atoms with Crippen LogP contribution in [0.2, 0.25) is 0 Å². The van der Waals surface area contributed by atoms with Gasteiger partial charge < -0.3 is 10.1 Å². The second kappa shape index (κ2) is 8.44. The van der Waals surface area contributed by atoms with E-state index in [9.17, 15) is 23.3 Å². The smallest absolute Gasteiger partial charge is 0.407 e. The minimum atomic E-state index is -3.87. The van der Waals surface area contributed by atoms with Crippen LogP contribution in [0.25, 0.3) is 0 Å². The van der Waals surface area contributed by atoms with Crippen LogP contribution in [0.3, 0.4) is 0 Å². The number of alkyl carbamates (subject to hydrolysis) is 1. The quantitative estimate of drug-likeness (QED) is 0.585. The summed E-state index contributed by atoms with van der Waals surface area (Å²) in [5.41, 5.74) is -0.825. The summed E-state index contributed by atoms with van der Waals surface area (Å²) >= 11 is 0. The molecule has 0 saturated heterocycles. The molecule has 1 amide bonds. The number of nitro benzene ring substituents is 1. The molecule has 1 fully saturated rings. The molecule has 156 valence electrons. The summed E-state index contributed by atoms with van der Waals surface area (Å²) < 4.78 is 32.5. The molecule has 1 aliphatic rings. The first kappa shape index (κ1) is 22.1. The lowest BCUT2D eigenvalue weighted by Crippen LogP contribution is -2.54. The number of likely N-dealkylation sites (N-methyl/N-ethyl adjacent to an activating group) is 1. The van der Waals surface area contributed by atoms with Crippen LogP contribution in [0.4, 0.5) is 10.5 Å². The van der Waals surface area contributed by atoms with Crippen molar-refractivity contribution >= 4 is 21.8 Å². The van der Waals surface area contributed by atoms with Crippen LogP contribution in [0, 0.1) is 10.1 Å². The van der Waals surface area contributed by atoms with Gasteiger partial charge in [-0.2, -0.15) is 4.31 Å². The summed E-state index contributed by atoms with van der Waals surface area (Å²) in [6.07, 6.45) is 2.39. The SMILES string of the molecule is CN([C@H]1CCCC[C@@H]1NC(=O)OC(C)(C)C)S(=O)(=O)c1ccc([N+](=O)[O-])cc1. The average molecular weight is 413 g/mol. The lowest BCUT2D eigenvalue weighted by atomic mass is 9.90. The topological polar surface area (TPSA) is 119 Å². The van der Waals surface area contributed by atoms with E-state index in [1.54, 1.807) is 20.8 Å². The summed E-state index contributed by atoms with van der Waals surface area (Å²) in [6.45, 7) is 5.28. The van der Waals surface area contributed by atoms with Crippen LogP contribution in [-0.4, -0.2) is 48.5 Å². The van der Waals surface area contributed by atoms with Crippen molar-refractivity contribution in [1.29, 1.82) is 0 Å². The number of hydrogen-bond acceptors (Lipinski definition) is 6. The molecular weight excluding hydrogens is 386 g/mol. The maximum atomic E-state index is 13.0. The van der Waals surface area contributed by atoms with Gasteiger partial charge in [-0.3, -0.25) is 10.1 Å². The molecule has 1 aromatic rings. The zero-order valence-electron chi connectivity index (χ0n) is 16.5. The van der Waals surface area contributed by atoms with Crippen molar-refractivity contribution in [3.05, 3.63) is 34.4 Å². The summed E-state index contributed by atoms with van der Waals surface area (Å²) in [5.74, 6) is 0. The van der Waals surface area contributed by atoms with E-state index in [1.807, 2.05) is 0 Å². The Labute approximate surface area is 165 Å². The zero-order chi connectivity index (χ0) is 21.1. The van der Waals surface area contributed by atoms with Gasteiger partial charge in [0.2, 0.25) is 10.0 Å². The Kier molecular flexibility index (Phi) is 6.66. The first-order valence-electron chi connectivity index (χ1n) is 9.14. The molecule has 28 heavy (non-hydrogen) atoms. The van der Waals surface area contributed by atoms with Crippen LogP contribution in [0.5, 0.6) is 0 Å². The lowest BCUT2D eigenvalue weighted by Gasteiger charge is -2.37. The molecule has 0 heterocycles. The van der Waals surface area contributed by atoms with Crippen molar-refractivity contribution in [2.75, 3.05) is 7.05 Å². The van der Waals surface area contributed by atoms with E-state index in [4.69, 9.17) is 4.74 Å². The number of carbonyl (C=O) groups is 1. The Morgan fingerprint density at radius 3 is 2.32 bits per heavy atom. The van der Waals surface area contributed by atoms with Crippen molar-refractivity contribution in [3.63, 3.8) is 0 Å². The Morgan fingerprint density at radius 2 is 1.79 bits per heavy atom. The second-order valence-corrected chi connectivity index (χ2v) is 9.87. The monoisotopic (exact) mass is 413 g/mol. The molecular formula is C18H27N3O6S. The van der Waals surface area contributed by atoms with Crippen LogP contribution < -0.4 is 5.32 Å². The van der Waals surface area contributed by atoms with Crippen molar-refractivity contribution in [2.24, 2.45) is 0 Å². The number of ether oxygens (including phenoxy) is 1. The number of amides is 1. The normalized spacial score (nSPS) is 20.6. The van der Waals surface area contributed by atoms with E-state index in [1.165, 1.54) is 23.5 Å². The van der Waals surface area contributed by atoms with Gasteiger partial charge >= 0.3 is 6.09 Å². The third-order valence-corrected chi connectivity index (χ3v) is 6.52. The fraction of sp³-hybridized carbons (Fsp3) is 0.611. The summed E-state index contributed by atoms with van der Waals surface area (Å²) in [4.78, 5) is 22.3. The molecule has 2 atom stereocenters. The van der Waals surface area contributed by atoms with Gasteiger partial charge in [-0.1, -0.05) is 12.8 Å². The van der Waals surface area contributed by atoms with Crippen molar-refractivity contribution < 1.29 is 22.9 Å². The molecule has 1 aliphatic carbocycles. The van der Waals surface area contributed by atoms with Crippen molar-refractivity contribution in [2.45, 2.75) is 69.0 Å². The maximum absolute atomic E-state index is 13.0. The van der Waals surface area contributed by atoms with Gasteiger partial charge in [-0.15, -0.1) is 0 Å². The minimum absolute atomic E-state index is 0.0257. The van der Waals surface area contributed by atoms with Gasteiger partial charge in [-0.05, 0) is 45.7 Å². The fourth-order valence-electron chi connectivity index (χ4n) is 3.26. The summed E-state index contributed by atoms with van der Waals surface area (Å²) in [6, 6.07) is 3.98. The number of nitrogens with one attached hydrogen (secondary N) is 1. The minimum Gasteiger partial charge on any atom is -0.444 e. The third kappa shape index (κ3) is 5.41. The molecule has 1 N–H and O–H groups in total. The van der Waals surface area contributed by atoms with E-state index >= 15 is 0 Å². The molecule has 2 rings (SSSR count). The van der Waals surface area contributed by atoms with Gasteiger partial charge in [0.25, 0.3) is 5.69 Å². The molecule has 0 aliphatic heterocycles. The van der Waals surface area contributed by atoms with Crippen LogP contribution >= 0.6 is 0 Å². The number of carbonyl (C=O) groups excluding carboxylic acids is 1. The predicted molar refractivity (Wildman–Crippen MR) is 103 cm³/mol. The van der Waals surface area contributed by atoms with Gasteiger partial charge in [0.1, 0.15) is 5.60 Å². The summed E-state index contributed by atoms with van der Waals surface area (Å²) in [5, 5.41) is 13.6. The predicted octanol–water partition coefficient (Wildman–Crippen LogP) is 3.05. The Hall–Kier alpha value is -2.20. The number of benzene rings is 1. The number of sulfonamides is 1. The Morgan fingerprint density at radius 1 is 1.21 bits per heavy atom. The van der Waals surface area contributed by atoms with Gasteiger partial charge in [-0.25, -0.2) is 13.2 Å². The molecule has 10 heteroatoms. The van der Waals surface area contributed by atoms with E-state index in [-0.39, 0.29) is 16.6 Å². The van der Waals surface area contributed by atoms with Gasteiger partial charge in [0, 0.05) is 31.3 Å². The molecule has 9 nitrogen and oxygen atoms in total. The highest BCUT2D eigenvalue weighted by atomic mass is 32.2. The number of rotatable bonds is 5. The van der Waals surface area contributed by atoms with E-state index in [0.717, 1.165) is 25.0 Å². The molecule has 0 unspecified atom stereocenters. The van der Waals surface area contributed by atoms with Gasteiger partial charge in [0.05, 0.1) is 9.82 Å². The standard InChI is InChI=1S/C18H27N3O6S/c1-18(2,3)27-17(22)19-15-7-5-6-8-16(15)20(4)28(25,26)14-11-9-13(10-12-14)21(23)24/h9-12,15-16H,5-8H2,1-4H3,(H,19,22)/t15-,16-/m0/s1. The highest BCUT2D eigenvalue weighted by Crippen LogP contribution is 2.28. The van der Waals surface area contributed by atoms with Gasteiger partial charge in [0.15, 0.2) is 0 Å². The Bertz CT molecular complexity index is 817. The van der Waals surface area contributed by atoms with E-state index < -0.39 is 32.7 Å². The van der Waals surface area contributed by atoms with Crippen molar-refractivity contribution in [3.8, 4) is 0 Å². The Balaban J connectivity index is 2.19. The highest BCUT2D eigenvalue weighted by molar-refractivity contribution is 7.89. The number of non-ortho nitro benzene ring substituents is 1. The lowest BCUT2D eigenvalue weighted by molar-refractivity contribution is -0.384. The first-order chi connectivity index (χ1) is 12.9. The highest BCUT2D eigenvalue weighted by Gasteiger charge is 2.36. The molecule has 0 radical (unpaired) electrons. The summed E-state index contributed by atoms with van der Waals surface area (Å²) in [7, 11) is -2.40. The first-order valence-corrected chi connectivity index (χ1v) is 10.6. The third-order valence-electron chi connectivity index (χ3n) is 4.62. The number of nitrogens with zero attached hydrogens (tertiary/aromatic N) is 2. The average Bonchev–Trinajstić information content (AvgIpc) is 2.60. The molecule has 0 aromatic heterocycles. The number of nitro groups is 1. The number of hydrogen-bond donors (Lipinski definition) is 1. The molecule has 1 aromatic carbocycles. The van der Waals surface area contributed by atoms with E-state index in [2.05, 4.69) is 5.32 Å².